The maximum absolute atomic E-state index is 16.0. The first-order chi connectivity index (χ1) is 21.2. The molecule has 1 atom stereocenters. The second-order valence-corrected chi connectivity index (χ2v) is 12.6. The van der Waals surface area contributed by atoms with Gasteiger partial charge in [0, 0.05) is 43.0 Å². The lowest BCUT2D eigenvalue weighted by Crippen LogP contribution is -2.55. The first kappa shape index (κ1) is 31.7. The molecule has 5 rings (SSSR count). The molecule has 4 aromatic rings. The normalized spacial score (nSPS) is 15.6. The van der Waals surface area contributed by atoms with Crippen molar-refractivity contribution in [3.05, 3.63) is 75.5 Å². The number of carbonyl (C=O) groups excluding carboxylic acids is 2. The third kappa shape index (κ3) is 6.01. The van der Waals surface area contributed by atoms with Crippen molar-refractivity contribution in [3.8, 4) is 16.9 Å². The van der Waals surface area contributed by atoms with Crippen molar-refractivity contribution >= 4 is 29.2 Å². The van der Waals surface area contributed by atoms with Gasteiger partial charge in [0.25, 0.3) is 0 Å². The van der Waals surface area contributed by atoms with E-state index in [0.29, 0.717) is 23.2 Å². The highest BCUT2D eigenvalue weighted by Crippen LogP contribution is 2.35. The average molecular weight is 619 g/mol. The van der Waals surface area contributed by atoms with Gasteiger partial charge in [0.15, 0.2) is 17.8 Å². The topological polar surface area (TPSA) is 111 Å². The lowest BCUT2D eigenvalue weighted by Gasteiger charge is -2.41. The number of halogens is 2. The highest BCUT2D eigenvalue weighted by molar-refractivity contribution is 5.93. The van der Waals surface area contributed by atoms with Gasteiger partial charge in [0.05, 0.1) is 16.8 Å². The summed E-state index contributed by atoms with van der Waals surface area (Å²) in [5, 5.41) is 0.204. The van der Waals surface area contributed by atoms with Gasteiger partial charge in [0.1, 0.15) is 22.9 Å². The molecule has 1 aliphatic rings. The zero-order chi connectivity index (χ0) is 32.8. The predicted molar refractivity (Wildman–Crippen MR) is 167 cm³/mol. The van der Waals surface area contributed by atoms with Crippen molar-refractivity contribution in [3.63, 3.8) is 0 Å². The van der Waals surface area contributed by atoms with E-state index in [1.165, 1.54) is 22.8 Å². The van der Waals surface area contributed by atoms with Crippen LogP contribution in [0.25, 0.3) is 28.0 Å². The summed E-state index contributed by atoms with van der Waals surface area (Å²) >= 11 is 0. The Kier molecular flexibility index (Phi) is 8.43. The number of benzene rings is 1. The Balaban J connectivity index is 1.76. The molecule has 0 unspecified atom stereocenters. The van der Waals surface area contributed by atoms with E-state index in [4.69, 9.17) is 4.74 Å². The monoisotopic (exact) mass is 618 g/mol. The summed E-state index contributed by atoms with van der Waals surface area (Å²) in [5.41, 5.74) is -0.388. The molecule has 0 saturated carbocycles. The van der Waals surface area contributed by atoms with Gasteiger partial charge in [-0.25, -0.2) is 27.9 Å². The van der Waals surface area contributed by atoms with E-state index in [2.05, 4.69) is 15.0 Å². The van der Waals surface area contributed by atoms with E-state index in [0.717, 1.165) is 6.07 Å². The lowest BCUT2D eigenvalue weighted by atomic mass is 10.0. The molecule has 12 heteroatoms. The molecule has 0 N–H and O–H groups in total. The minimum atomic E-state index is -0.893. The zero-order valence-corrected chi connectivity index (χ0v) is 26.4. The summed E-state index contributed by atoms with van der Waals surface area (Å²) in [7, 11) is 0. The van der Waals surface area contributed by atoms with Crippen LogP contribution in [0, 0.1) is 18.6 Å². The zero-order valence-electron chi connectivity index (χ0n) is 26.4. The van der Waals surface area contributed by atoms with Crippen LogP contribution in [0.3, 0.4) is 0 Å². The van der Waals surface area contributed by atoms with Gasteiger partial charge in [-0.15, -0.1) is 0 Å². The number of nitrogens with zero attached hydrogens (tertiary/aromatic N) is 6. The van der Waals surface area contributed by atoms with Crippen molar-refractivity contribution in [1.29, 1.82) is 0 Å². The first-order valence-electron chi connectivity index (χ1n) is 14.8. The fraction of sp³-hybridized carbons (Fsp3) is 0.394. The van der Waals surface area contributed by atoms with E-state index in [1.54, 1.807) is 37.9 Å². The highest BCUT2D eigenvalue weighted by atomic mass is 19.1. The van der Waals surface area contributed by atoms with Gasteiger partial charge in [-0.05, 0) is 64.3 Å². The Labute approximate surface area is 259 Å². The fourth-order valence-electron chi connectivity index (χ4n) is 5.64. The number of aryl methyl sites for hydroxylation is 1. The van der Waals surface area contributed by atoms with E-state index in [9.17, 15) is 14.4 Å². The molecular formula is C33H36F2N6O4. The number of carbonyl (C=O) groups is 2. The average Bonchev–Trinajstić information content (AvgIpc) is 2.96. The number of aromatic nitrogens is 4. The highest BCUT2D eigenvalue weighted by Gasteiger charge is 2.33. The summed E-state index contributed by atoms with van der Waals surface area (Å²) in [6.45, 7) is 13.7. The Morgan fingerprint density at radius 1 is 1.11 bits per heavy atom. The van der Waals surface area contributed by atoms with Crippen molar-refractivity contribution in [1.82, 2.24) is 24.4 Å². The van der Waals surface area contributed by atoms with Crippen LogP contribution in [-0.4, -0.2) is 68.1 Å². The molecule has 4 heterocycles. The third-order valence-corrected chi connectivity index (χ3v) is 7.69. The predicted octanol–water partition coefficient (Wildman–Crippen LogP) is 5.81. The van der Waals surface area contributed by atoms with Gasteiger partial charge in [0.2, 0.25) is 0 Å². The molecule has 45 heavy (non-hydrogen) atoms. The van der Waals surface area contributed by atoms with Crippen LogP contribution in [0.4, 0.5) is 19.4 Å². The van der Waals surface area contributed by atoms with Crippen LogP contribution in [-0.2, 0) is 4.74 Å². The molecule has 3 aromatic heterocycles. The quantitative estimate of drug-likeness (QED) is 0.258. The smallest absolute Gasteiger partial charge is 0.410 e. The van der Waals surface area contributed by atoms with Gasteiger partial charge < -0.3 is 14.5 Å². The van der Waals surface area contributed by atoms with E-state index >= 15 is 8.78 Å². The second kappa shape index (κ2) is 12.0. The van der Waals surface area contributed by atoms with Crippen molar-refractivity contribution < 1.29 is 23.1 Å². The number of hydrogen-bond donors (Lipinski definition) is 0. The molecule has 1 fully saturated rings. The molecule has 0 spiro atoms. The Bertz CT molecular complexity index is 1870. The van der Waals surface area contributed by atoms with Crippen LogP contribution < -0.4 is 10.6 Å². The summed E-state index contributed by atoms with van der Waals surface area (Å²) in [6, 6.07) is 6.43. The van der Waals surface area contributed by atoms with Crippen LogP contribution in [0.2, 0.25) is 0 Å². The molecule has 236 valence electrons. The number of pyridine rings is 2. The number of piperazine rings is 1. The van der Waals surface area contributed by atoms with E-state index in [1.807, 2.05) is 32.6 Å². The maximum atomic E-state index is 16.0. The van der Waals surface area contributed by atoms with Crippen LogP contribution in [0.1, 0.15) is 69.1 Å². The van der Waals surface area contributed by atoms with Crippen molar-refractivity contribution in [2.75, 3.05) is 24.5 Å². The molecule has 1 saturated heterocycles. The second-order valence-electron chi connectivity index (χ2n) is 12.6. The number of aldehydes is 1. The Morgan fingerprint density at radius 2 is 1.84 bits per heavy atom. The molecule has 0 aliphatic carbocycles. The van der Waals surface area contributed by atoms with E-state index < -0.39 is 34.7 Å². The van der Waals surface area contributed by atoms with Crippen LogP contribution >= 0.6 is 0 Å². The molecular weight excluding hydrogens is 582 g/mol. The lowest BCUT2D eigenvalue weighted by molar-refractivity contribution is 0.0218. The Morgan fingerprint density at radius 3 is 2.49 bits per heavy atom. The number of hydrogen-bond acceptors (Lipinski definition) is 8. The summed E-state index contributed by atoms with van der Waals surface area (Å²) in [5.74, 6) is -1.65. The molecule has 0 radical (unpaired) electrons. The third-order valence-electron chi connectivity index (χ3n) is 7.69. The number of rotatable bonds is 5. The molecule has 1 aliphatic heterocycles. The van der Waals surface area contributed by atoms with Gasteiger partial charge in [-0.3, -0.25) is 9.78 Å². The minimum Gasteiger partial charge on any atom is -0.444 e. The van der Waals surface area contributed by atoms with Crippen molar-refractivity contribution in [2.45, 2.75) is 66.0 Å². The molecule has 1 amide bonds. The number of ether oxygens (including phenoxy) is 1. The number of anilines is 1. The molecule has 1 aromatic carbocycles. The van der Waals surface area contributed by atoms with Crippen LogP contribution in [0.15, 0.2) is 41.3 Å². The minimum absolute atomic E-state index is 0.0290. The summed E-state index contributed by atoms with van der Waals surface area (Å²) < 4.78 is 38.0. The largest absolute Gasteiger partial charge is 0.444 e. The van der Waals surface area contributed by atoms with Crippen molar-refractivity contribution in [2.24, 2.45) is 0 Å². The standard InChI is InChI=1S/C33H36F2N6O4/c1-18(2)26-28(19(3)11-12-36-26)41-30-22(15-24(35)27(37-30)25-21(17-42)9-8-10-23(25)34)29(38-31(41)43)40-14-13-39(16-20(40)4)32(44)45-33(5,6)7/h8-12,15,17-18,20H,13-14,16H2,1-7H3/t20-/m0/s1. The SMILES string of the molecule is Cc1ccnc(C(C)C)c1-n1c(=O)nc(N2CCN(C(=O)OC(C)(C)C)C[C@@H]2C)c2cc(F)c(-c3c(F)cccc3C=O)nc21. The van der Waals surface area contributed by atoms with Gasteiger partial charge in [-0.1, -0.05) is 26.0 Å². The molecule has 10 nitrogen and oxygen atoms in total. The first-order valence-corrected chi connectivity index (χ1v) is 14.8. The summed E-state index contributed by atoms with van der Waals surface area (Å²) in [6.07, 6.45) is 1.62. The van der Waals surface area contributed by atoms with E-state index in [-0.39, 0.29) is 59.6 Å². The number of fused-ring (bicyclic) bond motifs is 1. The fourth-order valence-corrected chi connectivity index (χ4v) is 5.64. The maximum Gasteiger partial charge on any atom is 0.410 e. The molecule has 0 bridgehead atoms. The number of amides is 1. The van der Waals surface area contributed by atoms with Crippen LogP contribution in [0.5, 0.6) is 0 Å². The van der Waals surface area contributed by atoms with Gasteiger partial charge in [-0.2, -0.15) is 4.98 Å². The summed E-state index contributed by atoms with van der Waals surface area (Å²) in [4.78, 5) is 55.6. The van der Waals surface area contributed by atoms with Gasteiger partial charge >= 0.3 is 11.8 Å². The Hall–Kier alpha value is -4.74.